The molecule has 0 aliphatic carbocycles. The average Bonchev–Trinajstić information content (AvgIpc) is 3.03. The van der Waals surface area contributed by atoms with Gasteiger partial charge >= 0.3 is 0 Å². The molecule has 0 saturated heterocycles. The van der Waals surface area contributed by atoms with Crippen LogP contribution in [0.1, 0.15) is 10.4 Å². The topological polar surface area (TPSA) is 50.8 Å². The molecular weight excluding hydrogens is 382 g/mol. The number of hydrogen-bond donors (Lipinski definition) is 1. The van der Waals surface area contributed by atoms with Crippen LogP contribution in [0.3, 0.4) is 0 Å². The van der Waals surface area contributed by atoms with E-state index in [1.807, 2.05) is 43.6 Å². The van der Waals surface area contributed by atoms with Crippen molar-refractivity contribution < 1.29 is 4.79 Å². The minimum Gasteiger partial charge on any atom is -0.314 e. The summed E-state index contributed by atoms with van der Waals surface area (Å²) in [6.07, 6.45) is 1.85. The predicted molar refractivity (Wildman–Crippen MR) is 116 cm³/mol. The summed E-state index contributed by atoms with van der Waals surface area (Å²) in [7, 11) is 1.84. The molecule has 0 atom stereocenters. The Morgan fingerprint density at radius 2 is 1.55 bits per heavy atom. The highest BCUT2D eigenvalue weighted by atomic mass is 35.5. The van der Waals surface area contributed by atoms with E-state index in [1.165, 1.54) is 0 Å². The summed E-state index contributed by atoms with van der Waals surface area (Å²) in [6, 6.07) is 25.3. The van der Waals surface area contributed by atoms with Crippen molar-refractivity contribution in [3.63, 3.8) is 0 Å². The van der Waals surface area contributed by atoms with Crippen LogP contribution in [-0.2, 0) is 13.6 Å². The number of Topliss-reactive ketones (excluding diaryl/α,β-unsaturated/α-hetero) is 1. The fourth-order valence-electron chi connectivity index (χ4n) is 3.36. The van der Waals surface area contributed by atoms with Crippen molar-refractivity contribution in [2.24, 2.45) is 7.05 Å². The monoisotopic (exact) mass is 401 g/mol. The van der Waals surface area contributed by atoms with Gasteiger partial charge in [-0.3, -0.25) is 10.2 Å². The smallest absolute Gasteiger partial charge is 0.202 e. The molecule has 0 radical (unpaired) electrons. The Labute approximate surface area is 174 Å². The fraction of sp³-hybridized carbons (Fsp3) is 0.0833. The SMILES string of the molecule is Cn1c(-c2ccc(-c3ccccc3)cc2)cn(CC(=O)c2cccc(Cl)c2)c1=N. The van der Waals surface area contributed by atoms with E-state index in [2.05, 4.69) is 24.3 Å². The number of ketones is 1. The molecule has 1 N–H and O–H groups in total. The largest absolute Gasteiger partial charge is 0.314 e. The standard InChI is InChI=1S/C24H20ClN3O/c1-27-22(19-12-10-18(11-13-19)17-6-3-2-4-7-17)15-28(24(27)26)16-23(29)20-8-5-9-21(25)14-20/h2-15,26H,16H2,1H3. The zero-order valence-electron chi connectivity index (χ0n) is 16.0. The van der Waals surface area contributed by atoms with E-state index in [9.17, 15) is 4.79 Å². The van der Waals surface area contributed by atoms with E-state index < -0.39 is 0 Å². The minimum atomic E-state index is -0.0809. The number of aromatic nitrogens is 2. The summed E-state index contributed by atoms with van der Waals surface area (Å²) in [4.78, 5) is 12.6. The summed E-state index contributed by atoms with van der Waals surface area (Å²) in [6.45, 7) is 0.0924. The predicted octanol–water partition coefficient (Wildman–Crippen LogP) is 5.18. The molecule has 0 fully saturated rings. The normalized spacial score (nSPS) is 10.8. The molecule has 0 unspecified atom stereocenters. The van der Waals surface area contributed by atoms with Crippen LogP contribution in [0.4, 0.5) is 0 Å². The van der Waals surface area contributed by atoms with Crippen molar-refractivity contribution in [1.29, 1.82) is 5.41 Å². The molecule has 0 amide bonds. The van der Waals surface area contributed by atoms with Gasteiger partial charge in [-0.2, -0.15) is 0 Å². The van der Waals surface area contributed by atoms with Crippen molar-refractivity contribution in [3.8, 4) is 22.4 Å². The van der Waals surface area contributed by atoms with Gasteiger partial charge in [0.15, 0.2) is 5.78 Å². The molecule has 29 heavy (non-hydrogen) atoms. The number of carbonyl (C=O) groups is 1. The highest BCUT2D eigenvalue weighted by Gasteiger charge is 2.13. The lowest BCUT2D eigenvalue weighted by molar-refractivity contribution is 0.0970. The van der Waals surface area contributed by atoms with Gasteiger partial charge in [-0.25, -0.2) is 0 Å². The second-order valence-electron chi connectivity index (χ2n) is 6.90. The summed E-state index contributed by atoms with van der Waals surface area (Å²) >= 11 is 5.99. The molecule has 3 aromatic carbocycles. The zero-order valence-corrected chi connectivity index (χ0v) is 16.7. The van der Waals surface area contributed by atoms with Gasteiger partial charge in [0.2, 0.25) is 5.62 Å². The van der Waals surface area contributed by atoms with Crippen molar-refractivity contribution in [1.82, 2.24) is 9.13 Å². The molecule has 4 rings (SSSR count). The van der Waals surface area contributed by atoms with Crippen LogP contribution in [0.25, 0.3) is 22.4 Å². The van der Waals surface area contributed by atoms with Crippen LogP contribution >= 0.6 is 11.6 Å². The van der Waals surface area contributed by atoms with Gasteiger partial charge < -0.3 is 9.13 Å². The molecule has 5 heteroatoms. The Hall–Kier alpha value is -3.37. The number of nitrogens with zero attached hydrogens (tertiary/aromatic N) is 2. The van der Waals surface area contributed by atoms with Gasteiger partial charge in [-0.1, -0.05) is 78.3 Å². The van der Waals surface area contributed by atoms with Crippen molar-refractivity contribution in [2.75, 3.05) is 0 Å². The van der Waals surface area contributed by atoms with E-state index in [1.54, 1.807) is 33.4 Å². The molecule has 0 aliphatic heterocycles. The lowest BCUT2D eigenvalue weighted by Gasteiger charge is -2.05. The van der Waals surface area contributed by atoms with E-state index in [-0.39, 0.29) is 17.9 Å². The summed E-state index contributed by atoms with van der Waals surface area (Å²) in [5.74, 6) is -0.0809. The Bertz CT molecular complexity index is 1220. The maximum Gasteiger partial charge on any atom is 0.202 e. The molecule has 0 bridgehead atoms. The van der Waals surface area contributed by atoms with E-state index in [0.717, 1.165) is 22.4 Å². The molecule has 0 saturated carbocycles. The summed E-state index contributed by atoms with van der Waals surface area (Å²) in [5.41, 5.74) is 4.99. The molecule has 1 aromatic heterocycles. The van der Waals surface area contributed by atoms with Crippen molar-refractivity contribution in [3.05, 3.63) is 101 Å². The van der Waals surface area contributed by atoms with E-state index >= 15 is 0 Å². The first kappa shape index (κ1) is 19.0. The van der Waals surface area contributed by atoms with E-state index in [4.69, 9.17) is 17.0 Å². The lowest BCUT2D eigenvalue weighted by Crippen LogP contribution is -2.25. The third-order valence-electron chi connectivity index (χ3n) is 4.98. The van der Waals surface area contributed by atoms with Crippen LogP contribution < -0.4 is 5.62 Å². The number of hydrogen-bond acceptors (Lipinski definition) is 2. The second-order valence-corrected chi connectivity index (χ2v) is 7.34. The Morgan fingerprint density at radius 3 is 2.24 bits per heavy atom. The van der Waals surface area contributed by atoms with Crippen molar-refractivity contribution in [2.45, 2.75) is 6.54 Å². The van der Waals surface area contributed by atoms with Gasteiger partial charge in [0, 0.05) is 23.8 Å². The lowest BCUT2D eigenvalue weighted by atomic mass is 10.0. The van der Waals surface area contributed by atoms with Crippen LogP contribution in [0.15, 0.2) is 85.1 Å². The molecule has 144 valence electrons. The fourth-order valence-corrected chi connectivity index (χ4v) is 3.55. The maximum atomic E-state index is 12.6. The Kier molecular flexibility index (Phi) is 5.19. The first-order valence-corrected chi connectivity index (χ1v) is 9.66. The first-order chi connectivity index (χ1) is 14.0. The Morgan fingerprint density at radius 1 is 0.897 bits per heavy atom. The number of carbonyl (C=O) groups excluding carboxylic acids is 1. The minimum absolute atomic E-state index is 0.0809. The van der Waals surface area contributed by atoms with Crippen LogP contribution in [0.2, 0.25) is 5.02 Å². The third kappa shape index (κ3) is 3.93. The number of benzene rings is 3. The quantitative estimate of drug-likeness (QED) is 0.460. The highest BCUT2D eigenvalue weighted by Crippen LogP contribution is 2.24. The van der Waals surface area contributed by atoms with E-state index in [0.29, 0.717) is 10.6 Å². The average molecular weight is 402 g/mol. The second kappa shape index (κ2) is 7.94. The maximum absolute atomic E-state index is 12.6. The summed E-state index contributed by atoms with van der Waals surface area (Å²) in [5, 5.41) is 8.92. The van der Waals surface area contributed by atoms with Gasteiger partial charge in [0.25, 0.3) is 0 Å². The number of halogens is 1. The highest BCUT2D eigenvalue weighted by molar-refractivity contribution is 6.31. The molecule has 1 heterocycles. The summed E-state index contributed by atoms with van der Waals surface area (Å²) < 4.78 is 3.44. The number of nitrogens with one attached hydrogen (secondary N) is 1. The third-order valence-corrected chi connectivity index (χ3v) is 5.21. The molecule has 0 spiro atoms. The van der Waals surface area contributed by atoms with Crippen molar-refractivity contribution >= 4 is 17.4 Å². The van der Waals surface area contributed by atoms with Crippen LogP contribution in [0, 0.1) is 5.41 Å². The van der Waals surface area contributed by atoms with Gasteiger partial charge in [-0.05, 0) is 28.8 Å². The molecule has 0 aliphatic rings. The molecule has 4 aromatic rings. The van der Waals surface area contributed by atoms with Gasteiger partial charge in [0.05, 0.1) is 12.2 Å². The van der Waals surface area contributed by atoms with Gasteiger partial charge in [0.1, 0.15) is 0 Å². The van der Waals surface area contributed by atoms with Crippen LogP contribution in [-0.4, -0.2) is 14.9 Å². The zero-order chi connectivity index (χ0) is 20.4. The molecular formula is C24H20ClN3O. The van der Waals surface area contributed by atoms with Gasteiger partial charge in [-0.15, -0.1) is 0 Å². The van der Waals surface area contributed by atoms with Crippen LogP contribution in [0.5, 0.6) is 0 Å². The number of imidazole rings is 1. The number of rotatable bonds is 5. The molecule has 4 nitrogen and oxygen atoms in total. The first-order valence-electron chi connectivity index (χ1n) is 9.28. The Balaban J connectivity index is 1.61.